The maximum atomic E-state index is 14.0. The normalized spacial score (nSPS) is 16.3. The summed E-state index contributed by atoms with van der Waals surface area (Å²) in [4.78, 5) is 0. The first-order valence-electron chi connectivity index (χ1n) is 10.6. The van der Waals surface area contributed by atoms with Crippen LogP contribution in [0.2, 0.25) is 0 Å². The highest BCUT2D eigenvalue weighted by Crippen LogP contribution is 2.35. The molecule has 0 saturated carbocycles. The van der Waals surface area contributed by atoms with Crippen LogP contribution in [-0.2, 0) is 19.3 Å². The third kappa shape index (κ3) is 3.97. The highest BCUT2D eigenvalue weighted by atomic mass is 19.2. The second kappa shape index (κ2) is 8.43. The molecule has 1 aliphatic carbocycles. The minimum absolute atomic E-state index is 0.371. The van der Waals surface area contributed by atoms with Gasteiger partial charge in [0.05, 0.1) is 0 Å². The van der Waals surface area contributed by atoms with Crippen molar-refractivity contribution >= 4 is 10.8 Å². The first-order chi connectivity index (χ1) is 13.7. The van der Waals surface area contributed by atoms with Gasteiger partial charge in [0.1, 0.15) is 0 Å². The van der Waals surface area contributed by atoms with Gasteiger partial charge in [-0.05, 0) is 77.1 Å². The number of benzene rings is 3. The van der Waals surface area contributed by atoms with E-state index < -0.39 is 11.6 Å². The SMILES string of the molecule is CCCCCCc1ccc2cc(C3CCc4c(ccc(F)c4F)C3)ccc2c1. The maximum Gasteiger partial charge on any atom is 0.162 e. The first kappa shape index (κ1) is 19.1. The summed E-state index contributed by atoms with van der Waals surface area (Å²) in [5.41, 5.74) is 4.25. The molecule has 1 atom stereocenters. The molecule has 0 heterocycles. The van der Waals surface area contributed by atoms with E-state index in [4.69, 9.17) is 0 Å². The topological polar surface area (TPSA) is 0 Å². The molecule has 0 N–H and O–H groups in total. The van der Waals surface area contributed by atoms with Gasteiger partial charge in [-0.25, -0.2) is 8.78 Å². The lowest BCUT2D eigenvalue weighted by atomic mass is 9.79. The highest BCUT2D eigenvalue weighted by molar-refractivity contribution is 5.84. The van der Waals surface area contributed by atoms with E-state index in [1.54, 1.807) is 6.07 Å². The van der Waals surface area contributed by atoms with Crippen LogP contribution in [0.15, 0.2) is 48.5 Å². The van der Waals surface area contributed by atoms with E-state index in [1.807, 2.05) is 0 Å². The molecule has 0 radical (unpaired) electrons. The van der Waals surface area contributed by atoms with E-state index in [2.05, 4.69) is 43.3 Å². The third-order valence-electron chi connectivity index (χ3n) is 6.22. The van der Waals surface area contributed by atoms with Gasteiger partial charge in [0, 0.05) is 0 Å². The predicted molar refractivity (Wildman–Crippen MR) is 113 cm³/mol. The Kier molecular flexibility index (Phi) is 5.75. The van der Waals surface area contributed by atoms with Crippen LogP contribution in [-0.4, -0.2) is 0 Å². The van der Waals surface area contributed by atoms with Crippen molar-refractivity contribution < 1.29 is 8.78 Å². The molecule has 0 amide bonds. The third-order valence-corrected chi connectivity index (χ3v) is 6.22. The van der Waals surface area contributed by atoms with E-state index in [-0.39, 0.29) is 0 Å². The molecule has 1 unspecified atom stereocenters. The van der Waals surface area contributed by atoms with Crippen molar-refractivity contribution in [3.8, 4) is 0 Å². The lowest BCUT2D eigenvalue weighted by Gasteiger charge is -2.25. The van der Waals surface area contributed by atoms with Crippen molar-refractivity contribution in [1.29, 1.82) is 0 Å². The summed E-state index contributed by atoms with van der Waals surface area (Å²) in [5, 5.41) is 2.56. The van der Waals surface area contributed by atoms with Gasteiger partial charge in [0.25, 0.3) is 0 Å². The van der Waals surface area contributed by atoms with Gasteiger partial charge in [-0.15, -0.1) is 0 Å². The quantitative estimate of drug-likeness (QED) is 0.389. The monoisotopic (exact) mass is 378 g/mol. The Morgan fingerprint density at radius 2 is 1.71 bits per heavy atom. The Morgan fingerprint density at radius 3 is 2.57 bits per heavy atom. The van der Waals surface area contributed by atoms with E-state index >= 15 is 0 Å². The number of fused-ring (bicyclic) bond motifs is 2. The van der Waals surface area contributed by atoms with Crippen LogP contribution in [0, 0.1) is 11.6 Å². The zero-order chi connectivity index (χ0) is 19.5. The Hall–Kier alpha value is -2.22. The summed E-state index contributed by atoms with van der Waals surface area (Å²) in [5.74, 6) is -1.01. The Balaban J connectivity index is 1.51. The fraction of sp³-hybridized carbons (Fsp3) is 0.385. The van der Waals surface area contributed by atoms with Gasteiger partial charge in [0.15, 0.2) is 11.6 Å². The maximum absolute atomic E-state index is 14.0. The zero-order valence-electron chi connectivity index (χ0n) is 16.6. The molecule has 0 fully saturated rings. The highest BCUT2D eigenvalue weighted by Gasteiger charge is 2.24. The zero-order valence-corrected chi connectivity index (χ0v) is 16.6. The number of unbranched alkanes of at least 4 members (excludes halogenated alkanes) is 3. The van der Waals surface area contributed by atoms with Gasteiger partial charge >= 0.3 is 0 Å². The van der Waals surface area contributed by atoms with Crippen LogP contribution in [0.3, 0.4) is 0 Å². The van der Waals surface area contributed by atoms with Crippen molar-refractivity contribution in [2.75, 3.05) is 0 Å². The fourth-order valence-corrected chi connectivity index (χ4v) is 4.54. The molecule has 0 saturated heterocycles. The number of rotatable bonds is 6. The average Bonchev–Trinajstić information content (AvgIpc) is 2.73. The number of halogens is 2. The Bertz CT molecular complexity index is 974. The summed E-state index contributed by atoms with van der Waals surface area (Å²) in [6, 6.07) is 16.6. The van der Waals surface area contributed by atoms with Crippen LogP contribution in [0.1, 0.15) is 67.2 Å². The minimum Gasteiger partial charge on any atom is -0.204 e. The number of hydrogen-bond donors (Lipinski definition) is 0. The smallest absolute Gasteiger partial charge is 0.162 e. The van der Waals surface area contributed by atoms with E-state index in [0.717, 1.165) is 24.8 Å². The molecule has 1 aliphatic rings. The molecular formula is C26H28F2. The minimum atomic E-state index is -0.728. The second-order valence-corrected chi connectivity index (χ2v) is 8.19. The number of hydrogen-bond acceptors (Lipinski definition) is 0. The molecule has 0 spiro atoms. The molecule has 0 bridgehead atoms. The van der Waals surface area contributed by atoms with E-state index in [0.29, 0.717) is 17.9 Å². The predicted octanol–water partition coefficient (Wildman–Crippen LogP) is 7.51. The van der Waals surface area contributed by atoms with Crippen LogP contribution in [0.5, 0.6) is 0 Å². The lowest BCUT2D eigenvalue weighted by molar-refractivity contribution is 0.478. The average molecular weight is 379 g/mol. The Labute approximate surface area is 166 Å². The van der Waals surface area contributed by atoms with Crippen molar-refractivity contribution in [2.24, 2.45) is 0 Å². The van der Waals surface area contributed by atoms with E-state index in [1.165, 1.54) is 53.6 Å². The van der Waals surface area contributed by atoms with Crippen molar-refractivity contribution in [2.45, 2.75) is 64.2 Å². The standard InChI is InChI=1S/C26H28F2/c1-2-3-4-5-6-18-7-8-20-16-21(10-9-19(20)15-18)22-11-13-24-23(17-22)12-14-25(27)26(24)28/h7-10,12,14-16,22H,2-6,11,13,17H2,1H3. The molecule has 4 rings (SSSR count). The summed E-state index contributed by atoms with van der Waals surface area (Å²) in [7, 11) is 0. The van der Waals surface area contributed by atoms with Crippen molar-refractivity contribution in [1.82, 2.24) is 0 Å². The molecule has 3 aromatic rings. The van der Waals surface area contributed by atoms with E-state index in [9.17, 15) is 8.78 Å². The van der Waals surface area contributed by atoms with Gasteiger partial charge < -0.3 is 0 Å². The van der Waals surface area contributed by atoms with Crippen molar-refractivity contribution in [3.63, 3.8) is 0 Å². The summed E-state index contributed by atoms with van der Waals surface area (Å²) in [6.45, 7) is 2.24. The second-order valence-electron chi connectivity index (χ2n) is 8.19. The summed E-state index contributed by atoms with van der Waals surface area (Å²) < 4.78 is 27.5. The van der Waals surface area contributed by atoms with Crippen LogP contribution in [0.25, 0.3) is 10.8 Å². The molecular weight excluding hydrogens is 350 g/mol. The molecule has 0 aliphatic heterocycles. The molecule has 2 heteroatoms. The molecule has 3 aromatic carbocycles. The lowest BCUT2D eigenvalue weighted by Crippen LogP contribution is -2.15. The Morgan fingerprint density at radius 1 is 0.893 bits per heavy atom. The van der Waals surface area contributed by atoms with Gasteiger partial charge in [0.2, 0.25) is 0 Å². The van der Waals surface area contributed by atoms with Gasteiger partial charge in [-0.3, -0.25) is 0 Å². The van der Waals surface area contributed by atoms with Gasteiger partial charge in [-0.1, -0.05) is 68.7 Å². The summed E-state index contributed by atoms with van der Waals surface area (Å²) in [6.07, 6.45) is 8.57. The summed E-state index contributed by atoms with van der Waals surface area (Å²) >= 11 is 0. The number of aryl methyl sites for hydroxylation is 1. The molecule has 0 nitrogen and oxygen atoms in total. The molecule has 28 heavy (non-hydrogen) atoms. The van der Waals surface area contributed by atoms with Gasteiger partial charge in [-0.2, -0.15) is 0 Å². The largest absolute Gasteiger partial charge is 0.204 e. The van der Waals surface area contributed by atoms with Crippen LogP contribution < -0.4 is 0 Å². The first-order valence-corrected chi connectivity index (χ1v) is 10.6. The molecule has 146 valence electrons. The molecule has 0 aromatic heterocycles. The van der Waals surface area contributed by atoms with Crippen molar-refractivity contribution in [3.05, 3.63) is 82.4 Å². The van der Waals surface area contributed by atoms with Crippen LogP contribution in [0.4, 0.5) is 8.78 Å². The van der Waals surface area contributed by atoms with Crippen LogP contribution >= 0.6 is 0 Å². The fourth-order valence-electron chi connectivity index (χ4n) is 4.54.